The summed E-state index contributed by atoms with van der Waals surface area (Å²) in [6, 6.07) is 0. The molecule has 0 aliphatic heterocycles. The lowest BCUT2D eigenvalue weighted by Crippen LogP contribution is -2.00. The molecule has 0 N–H and O–H groups in total. The minimum atomic E-state index is -1.34. The van der Waals surface area contributed by atoms with E-state index in [0.717, 1.165) is 0 Å². The van der Waals surface area contributed by atoms with E-state index in [4.69, 9.17) is 0 Å². The zero-order valence-corrected chi connectivity index (χ0v) is 4.09. The summed E-state index contributed by atoms with van der Waals surface area (Å²) in [6.07, 6.45) is -0.0402. The van der Waals surface area contributed by atoms with Gasteiger partial charge in [-0.05, 0) is 0 Å². The van der Waals surface area contributed by atoms with Crippen molar-refractivity contribution < 1.29 is 19.0 Å². The van der Waals surface area contributed by atoms with Gasteiger partial charge < -0.3 is 4.74 Å². The van der Waals surface area contributed by atoms with Crippen molar-refractivity contribution in [2.45, 2.75) is 0 Å². The Morgan fingerprint density at radius 1 is 1.88 bits per heavy atom. The van der Waals surface area contributed by atoms with Crippen LogP contribution in [0.1, 0.15) is 0 Å². The van der Waals surface area contributed by atoms with Gasteiger partial charge in [0.25, 0.3) is 0 Å². The molecule has 0 saturated heterocycles. The van der Waals surface area contributed by atoms with Crippen LogP contribution in [0.4, 0.5) is 9.32 Å². The topological polar surface area (TPSA) is 35.5 Å². The maximum absolute atomic E-state index is 10.7. The molecule has 0 bridgehead atoms. The molecule has 4 heteroatoms. The van der Waals surface area contributed by atoms with E-state index in [0.29, 0.717) is 0 Å². The van der Waals surface area contributed by atoms with Crippen LogP contribution in [0.15, 0.2) is 12.7 Å². The molecule has 0 aromatic carbocycles. The number of hydrogen-bond donors (Lipinski definition) is 0. The Bertz CT molecular complexity index is 91.3. The molecule has 0 fully saturated rings. The highest BCUT2D eigenvalue weighted by atomic mass is 19.3. The summed E-state index contributed by atoms with van der Waals surface area (Å²) < 4.78 is 14.7. The van der Waals surface area contributed by atoms with E-state index in [1.165, 1.54) is 6.08 Å². The maximum atomic E-state index is 10.7. The number of rotatable bonds is 2. The van der Waals surface area contributed by atoms with Crippen molar-refractivity contribution in [2.24, 2.45) is 0 Å². The molecule has 0 spiro atoms. The lowest BCUT2D eigenvalue weighted by atomic mass is 10.7. The summed E-state index contributed by atoms with van der Waals surface area (Å²) in [5.74, 6) is 0. The van der Waals surface area contributed by atoms with Crippen LogP contribution < -0.4 is 0 Å². The standard InChI is InChI=1S/C4H5FO3/c1-2-3-7-4(6)8-5/h2H,1,3H2. The van der Waals surface area contributed by atoms with E-state index in [1.807, 2.05) is 0 Å². The monoisotopic (exact) mass is 120 g/mol. The molecule has 0 rings (SSSR count). The van der Waals surface area contributed by atoms with Crippen LogP contribution >= 0.6 is 0 Å². The zero-order chi connectivity index (χ0) is 6.41. The van der Waals surface area contributed by atoms with E-state index in [2.05, 4.69) is 16.3 Å². The van der Waals surface area contributed by atoms with E-state index < -0.39 is 6.16 Å². The lowest BCUT2D eigenvalue weighted by molar-refractivity contribution is -0.0979. The molecule has 0 aromatic heterocycles. The molecule has 46 valence electrons. The molecule has 0 aromatic rings. The smallest absolute Gasteiger partial charge is 0.428 e. The first-order valence-corrected chi connectivity index (χ1v) is 1.87. The second-order valence-electron chi connectivity index (χ2n) is 0.927. The molecule has 0 atom stereocenters. The fraction of sp³-hybridized carbons (Fsp3) is 0.250. The van der Waals surface area contributed by atoms with Crippen molar-refractivity contribution in [1.82, 2.24) is 0 Å². The number of ether oxygens (including phenoxy) is 1. The number of hydrogen-bond acceptors (Lipinski definition) is 3. The largest absolute Gasteiger partial charge is 0.545 e. The van der Waals surface area contributed by atoms with E-state index in [-0.39, 0.29) is 6.61 Å². The Balaban J connectivity index is 3.11. The molecule has 3 nitrogen and oxygen atoms in total. The van der Waals surface area contributed by atoms with Crippen LogP contribution in [0.5, 0.6) is 0 Å². The van der Waals surface area contributed by atoms with Gasteiger partial charge >= 0.3 is 6.16 Å². The summed E-state index contributed by atoms with van der Waals surface area (Å²) in [6.45, 7) is 3.17. The molecule has 0 amide bonds. The summed E-state index contributed by atoms with van der Waals surface area (Å²) in [7, 11) is 0. The molecule has 0 saturated carbocycles. The van der Waals surface area contributed by atoms with Gasteiger partial charge in [-0.15, -0.1) is 0 Å². The minimum Gasteiger partial charge on any atom is -0.428 e. The van der Waals surface area contributed by atoms with Gasteiger partial charge in [-0.3, -0.25) is 0 Å². The van der Waals surface area contributed by atoms with Gasteiger partial charge in [0, 0.05) is 4.53 Å². The van der Waals surface area contributed by atoms with Gasteiger partial charge in [0.2, 0.25) is 0 Å². The normalized spacial score (nSPS) is 7.62. The third kappa shape index (κ3) is 3.14. The fourth-order valence-electron chi connectivity index (χ4n) is 0.149. The quantitative estimate of drug-likeness (QED) is 0.406. The Morgan fingerprint density at radius 3 is 2.88 bits per heavy atom. The molecule has 0 unspecified atom stereocenters. The van der Waals surface area contributed by atoms with E-state index >= 15 is 0 Å². The first-order chi connectivity index (χ1) is 3.81. The zero-order valence-electron chi connectivity index (χ0n) is 4.09. The van der Waals surface area contributed by atoms with Gasteiger partial charge in [0.1, 0.15) is 6.61 Å². The van der Waals surface area contributed by atoms with E-state index in [9.17, 15) is 9.32 Å². The number of carbonyl (C=O) groups excluding carboxylic acids is 1. The molecule has 0 aliphatic rings. The number of carbonyl (C=O) groups is 1. The van der Waals surface area contributed by atoms with Crippen LogP contribution in [-0.4, -0.2) is 12.8 Å². The molecule has 8 heavy (non-hydrogen) atoms. The maximum Gasteiger partial charge on any atom is 0.545 e. The Morgan fingerprint density at radius 2 is 2.50 bits per heavy atom. The lowest BCUT2D eigenvalue weighted by Gasteiger charge is -1.91. The van der Waals surface area contributed by atoms with Crippen LogP contribution in [0.3, 0.4) is 0 Å². The molecule has 0 aliphatic carbocycles. The van der Waals surface area contributed by atoms with Crippen molar-refractivity contribution in [1.29, 1.82) is 0 Å². The highest BCUT2D eigenvalue weighted by Crippen LogP contribution is 1.83. The predicted molar refractivity (Wildman–Crippen MR) is 23.7 cm³/mol. The average Bonchev–Trinajstić information content (AvgIpc) is 1.83. The van der Waals surface area contributed by atoms with E-state index in [1.54, 1.807) is 0 Å². The molecule has 0 radical (unpaired) electrons. The second-order valence-corrected chi connectivity index (χ2v) is 0.927. The molecule has 0 heterocycles. The van der Waals surface area contributed by atoms with Crippen LogP contribution in [0.25, 0.3) is 0 Å². The average molecular weight is 120 g/mol. The highest BCUT2D eigenvalue weighted by Gasteiger charge is 1.98. The van der Waals surface area contributed by atoms with Gasteiger partial charge in [0.05, 0.1) is 0 Å². The summed E-state index contributed by atoms with van der Waals surface area (Å²) in [5, 5.41) is 0. The van der Waals surface area contributed by atoms with Crippen LogP contribution in [0.2, 0.25) is 0 Å². The summed E-state index contributed by atoms with van der Waals surface area (Å²) in [5.41, 5.74) is 0. The number of halogens is 1. The Hall–Kier alpha value is -1.06. The first kappa shape index (κ1) is 6.94. The van der Waals surface area contributed by atoms with Gasteiger partial charge in [0.15, 0.2) is 0 Å². The van der Waals surface area contributed by atoms with Crippen molar-refractivity contribution >= 4 is 6.16 Å². The van der Waals surface area contributed by atoms with Gasteiger partial charge in [-0.1, -0.05) is 12.7 Å². The van der Waals surface area contributed by atoms with Crippen LogP contribution in [-0.2, 0) is 9.68 Å². The molecular weight excluding hydrogens is 115 g/mol. The van der Waals surface area contributed by atoms with Gasteiger partial charge in [-0.25, -0.2) is 9.74 Å². The van der Waals surface area contributed by atoms with Crippen LogP contribution in [0, 0.1) is 0 Å². The highest BCUT2D eigenvalue weighted by molar-refractivity contribution is 5.58. The van der Waals surface area contributed by atoms with Crippen molar-refractivity contribution in [2.75, 3.05) is 6.61 Å². The van der Waals surface area contributed by atoms with Crippen molar-refractivity contribution in [3.05, 3.63) is 12.7 Å². The third-order valence-corrected chi connectivity index (χ3v) is 0.382. The fourth-order valence-corrected chi connectivity index (χ4v) is 0.149. The van der Waals surface area contributed by atoms with Gasteiger partial charge in [-0.2, -0.15) is 0 Å². The van der Waals surface area contributed by atoms with Crippen molar-refractivity contribution in [3.63, 3.8) is 0 Å². The Kier molecular flexibility index (Phi) is 3.56. The second kappa shape index (κ2) is 4.11. The summed E-state index contributed by atoms with van der Waals surface area (Å²) in [4.78, 5) is 12.3. The van der Waals surface area contributed by atoms with Crippen molar-refractivity contribution in [3.8, 4) is 0 Å². The first-order valence-electron chi connectivity index (χ1n) is 1.87. The predicted octanol–water partition coefficient (Wildman–Crippen LogP) is 1.21. The SMILES string of the molecule is C=CCOC(=O)OF. The summed E-state index contributed by atoms with van der Waals surface area (Å²) >= 11 is 0. The molecular formula is C4H5FO3. The minimum absolute atomic E-state index is 0.0389. The third-order valence-electron chi connectivity index (χ3n) is 0.382. The Labute approximate surface area is 45.6 Å².